The van der Waals surface area contributed by atoms with Crippen LogP contribution in [0.25, 0.3) is 6.08 Å². The van der Waals surface area contributed by atoms with Gasteiger partial charge in [0.15, 0.2) is 16.3 Å². The number of ether oxygens (including phenoxy) is 3. The minimum absolute atomic E-state index is 0.0657. The molecule has 9 heteroatoms. The number of aromatic hydroxyl groups is 1. The molecule has 35 heavy (non-hydrogen) atoms. The van der Waals surface area contributed by atoms with Gasteiger partial charge in [0.05, 0.1) is 42.7 Å². The Hall–Kier alpha value is -3.85. The minimum Gasteiger partial charge on any atom is -0.504 e. The smallest absolute Gasteiger partial charge is 0.338 e. The van der Waals surface area contributed by atoms with E-state index in [0.29, 0.717) is 43.2 Å². The second-order valence-electron chi connectivity index (χ2n) is 7.93. The molecule has 0 amide bonds. The molecule has 0 bridgehead atoms. The predicted molar refractivity (Wildman–Crippen MR) is 133 cm³/mol. The Balaban J connectivity index is 1.98. The van der Waals surface area contributed by atoms with Crippen LogP contribution >= 0.6 is 11.3 Å². The van der Waals surface area contributed by atoms with Crippen molar-refractivity contribution in [1.29, 1.82) is 0 Å². The maximum atomic E-state index is 13.7. The normalized spacial score (nSPS) is 15.5. The zero-order valence-corrected chi connectivity index (χ0v) is 20.9. The van der Waals surface area contributed by atoms with Crippen LogP contribution in [0.3, 0.4) is 0 Å². The van der Waals surface area contributed by atoms with E-state index in [-0.39, 0.29) is 17.9 Å². The Morgan fingerprint density at radius 1 is 1.17 bits per heavy atom. The second kappa shape index (κ2) is 9.79. The summed E-state index contributed by atoms with van der Waals surface area (Å²) >= 11 is 1.18. The zero-order valence-electron chi connectivity index (χ0n) is 20.1. The molecule has 0 fully saturated rings. The summed E-state index contributed by atoms with van der Waals surface area (Å²) in [6.07, 6.45) is 1.60. The molecule has 4 rings (SSSR count). The summed E-state index contributed by atoms with van der Waals surface area (Å²) in [5, 5.41) is 10.5. The summed E-state index contributed by atoms with van der Waals surface area (Å²) in [7, 11) is 3.04. The number of aromatic nitrogens is 1. The zero-order chi connectivity index (χ0) is 25.3. The van der Waals surface area contributed by atoms with Gasteiger partial charge >= 0.3 is 5.97 Å². The van der Waals surface area contributed by atoms with Crippen molar-refractivity contribution in [1.82, 2.24) is 4.57 Å². The van der Waals surface area contributed by atoms with E-state index in [2.05, 4.69) is 4.99 Å². The molecule has 0 radical (unpaired) electrons. The van der Waals surface area contributed by atoms with Crippen molar-refractivity contribution in [2.24, 2.45) is 4.99 Å². The van der Waals surface area contributed by atoms with Crippen molar-refractivity contribution >= 4 is 23.4 Å². The number of nitrogens with zero attached hydrogens (tertiary/aromatic N) is 2. The van der Waals surface area contributed by atoms with Crippen LogP contribution in [-0.2, 0) is 9.53 Å². The molecule has 1 aromatic heterocycles. The van der Waals surface area contributed by atoms with E-state index in [1.54, 1.807) is 45.2 Å². The van der Waals surface area contributed by atoms with Gasteiger partial charge in [-0.3, -0.25) is 9.36 Å². The van der Waals surface area contributed by atoms with Crippen molar-refractivity contribution in [3.8, 4) is 17.2 Å². The van der Waals surface area contributed by atoms with E-state index >= 15 is 0 Å². The lowest BCUT2D eigenvalue weighted by molar-refractivity contribution is -0.139. The SMILES string of the molecule is CCOC(=O)C1=C(C)N=c2sc(=Cc3cccc(OC)c3O)c(=O)n2[C@H]1c1ccc(C)c(OC)c1. The number of phenols is 1. The number of carbonyl (C=O) groups is 1. The van der Waals surface area contributed by atoms with Crippen LogP contribution in [-0.4, -0.2) is 36.5 Å². The number of thiazole rings is 1. The Kier molecular flexibility index (Phi) is 6.79. The van der Waals surface area contributed by atoms with Crippen molar-refractivity contribution in [3.05, 3.63) is 84.0 Å². The van der Waals surface area contributed by atoms with E-state index in [0.717, 1.165) is 5.56 Å². The fraction of sp³-hybridized carbons (Fsp3) is 0.269. The fourth-order valence-corrected chi connectivity index (χ4v) is 5.11. The van der Waals surface area contributed by atoms with E-state index in [4.69, 9.17) is 14.2 Å². The number of para-hydroxylation sites is 1. The van der Waals surface area contributed by atoms with Gasteiger partial charge in [-0.15, -0.1) is 0 Å². The van der Waals surface area contributed by atoms with Gasteiger partial charge in [0, 0.05) is 5.56 Å². The predicted octanol–water partition coefficient (Wildman–Crippen LogP) is 2.83. The molecule has 2 heterocycles. The number of phenolic OH excluding ortho intramolecular Hbond substituents is 1. The molecular weight excluding hydrogens is 468 g/mol. The largest absolute Gasteiger partial charge is 0.504 e. The standard InChI is InChI=1S/C26H26N2O6S/c1-6-34-25(31)21-15(3)27-26-28(22(21)16-11-10-14(2)19(12-16)33-5)24(30)20(35-26)13-17-8-7-9-18(32-4)23(17)29/h7-13,22,29H,6H2,1-5H3/t22-/m0/s1. The average Bonchev–Trinajstić information content (AvgIpc) is 3.14. The van der Waals surface area contributed by atoms with Crippen LogP contribution in [0.15, 0.2) is 57.5 Å². The summed E-state index contributed by atoms with van der Waals surface area (Å²) in [4.78, 5) is 31.7. The van der Waals surface area contributed by atoms with Gasteiger partial charge in [-0.25, -0.2) is 9.79 Å². The van der Waals surface area contributed by atoms with Gasteiger partial charge in [-0.1, -0.05) is 35.6 Å². The number of aryl methyl sites for hydroxylation is 1. The monoisotopic (exact) mass is 494 g/mol. The van der Waals surface area contributed by atoms with Gasteiger partial charge in [-0.2, -0.15) is 0 Å². The lowest BCUT2D eigenvalue weighted by atomic mass is 9.95. The molecule has 0 unspecified atom stereocenters. The van der Waals surface area contributed by atoms with Gasteiger partial charge in [0.25, 0.3) is 5.56 Å². The van der Waals surface area contributed by atoms with Crippen LogP contribution in [0.4, 0.5) is 0 Å². The molecule has 1 aliphatic rings. The number of allylic oxidation sites excluding steroid dienone is 1. The first-order chi connectivity index (χ1) is 16.8. The molecule has 8 nitrogen and oxygen atoms in total. The lowest BCUT2D eigenvalue weighted by Crippen LogP contribution is -2.40. The number of rotatable bonds is 6. The van der Waals surface area contributed by atoms with E-state index in [1.165, 1.54) is 23.0 Å². The third kappa shape index (κ3) is 4.35. The summed E-state index contributed by atoms with van der Waals surface area (Å²) in [5.74, 6) is 0.349. The maximum Gasteiger partial charge on any atom is 0.338 e. The average molecular weight is 495 g/mol. The van der Waals surface area contributed by atoms with Gasteiger partial charge in [0.1, 0.15) is 5.75 Å². The van der Waals surface area contributed by atoms with Gasteiger partial charge < -0.3 is 19.3 Å². The minimum atomic E-state index is -0.749. The Morgan fingerprint density at radius 2 is 1.91 bits per heavy atom. The molecule has 0 aliphatic carbocycles. The quantitative estimate of drug-likeness (QED) is 0.529. The van der Waals surface area contributed by atoms with Crippen molar-refractivity contribution in [2.75, 3.05) is 20.8 Å². The first-order valence-electron chi connectivity index (χ1n) is 11.0. The van der Waals surface area contributed by atoms with Crippen molar-refractivity contribution in [3.63, 3.8) is 0 Å². The number of benzene rings is 2. The first-order valence-corrected chi connectivity index (χ1v) is 11.8. The van der Waals surface area contributed by atoms with Crippen LogP contribution < -0.4 is 24.4 Å². The van der Waals surface area contributed by atoms with Crippen LogP contribution in [0.2, 0.25) is 0 Å². The molecule has 1 aliphatic heterocycles. The Labute approximate surface area is 206 Å². The van der Waals surface area contributed by atoms with Crippen LogP contribution in [0, 0.1) is 6.92 Å². The Morgan fingerprint density at radius 3 is 2.60 bits per heavy atom. The first kappa shape index (κ1) is 24.3. The molecule has 1 atom stereocenters. The number of methoxy groups -OCH3 is 2. The fourth-order valence-electron chi connectivity index (χ4n) is 4.08. The highest BCUT2D eigenvalue weighted by atomic mass is 32.1. The summed E-state index contributed by atoms with van der Waals surface area (Å²) < 4.78 is 17.9. The summed E-state index contributed by atoms with van der Waals surface area (Å²) in [5.41, 5.74) is 2.49. The van der Waals surface area contributed by atoms with E-state index in [9.17, 15) is 14.7 Å². The summed E-state index contributed by atoms with van der Waals surface area (Å²) in [6, 6.07) is 9.87. The molecular formula is C26H26N2O6S. The maximum absolute atomic E-state index is 13.7. The van der Waals surface area contributed by atoms with Crippen molar-refractivity contribution in [2.45, 2.75) is 26.8 Å². The van der Waals surface area contributed by atoms with Crippen LogP contribution in [0.1, 0.15) is 36.6 Å². The number of hydrogen-bond acceptors (Lipinski definition) is 8. The number of esters is 1. The Bertz CT molecular complexity index is 1520. The molecule has 1 N–H and O–H groups in total. The topological polar surface area (TPSA) is 99.4 Å². The molecule has 3 aromatic rings. The van der Waals surface area contributed by atoms with Gasteiger partial charge in [0.2, 0.25) is 0 Å². The highest BCUT2D eigenvalue weighted by Crippen LogP contribution is 2.34. The van der Waals surface area contributed by atoms with Crippen molar-refractivity contribution < 1.29 is 24.1 Å². The third-order valence-electron chi connectivity index (χ3n) is 5.80. The van der Waals surface area contributed by atoms with E-state index in [1.807, 2.05) is 25.1 Å². The van der Waals surface area contributed by atoms with Crippen LogP contribution in [0.5, 0.6) is 17.2 Å². The molecule has 0 saturated carbocycles. The number of fused-ring (bicyclic) bond motifs is 1. The summed E-state index contributed by atoms with van der Waals surface area (Å²) in [6.45, 7) is 5.57. The molecule has 2 aromatic carbocycles. The third-order valence-corrected chi connectivity index (χ3v) is 6.78. The molecule has 182 valence electrons. The second-order valence-corrected chi connectivity index (χ2v) is 8.94. The number of hydrogen-bond donors (Lipinski definition) is 1. The van der Waals surface area contributed by atoms with E-state index < -0.39 is 12.0 Å². The highest BCUT2D eigenvalue weighted by Gasteiger charge is 2.33. The highest BCUT2D eigenvalue weighted by molar-refractivity contribution is 7.07. The van der Waals surface area contributed by atoms with Gasteiger partial charge in [-0.05, 0) is 50.1 Å². The lowest BCUT2D eigenvalue weighted by Gasteiger charge is -2.25. The number of carbonyl (C=O) groups excluding carboxylic acids is 1. The molecule has 0 spiro atoms. The molecule has 0 saturated heterocycles.